The van der Waals surface area contributed by atoms with E-state index in [0.29, 0.717) is 10.4 Å². The maximum atomic E-state index is 13.6. The summed E-state index contributed by atoms with van der Waals surface area (Å²) in [6, 6.07) is 5.67. The lowest BCUT2D eigenvalue weighted by atomic mass is 10.2. The zero-order chi connectivity index (χ0) is 14.9. The molecule has 0 saturated carbocycles. The van der Waals surface area contributed by atoms with E-state index < -0.39 is 15.8 Å². The minimum atomic E-state index is -3.85. The lowest BCUT2D eigenvalue weighted by Gasteiger charge is -2.08. The van der Waals surface area contributed by atoms with Crippen LogP contribution in [0.4, 0.5) is 10.1 Å². The van der Waals surface area contributed by atoms with Crippen molar-refractivity contribution >= 4 is 27.0 Å². The fraction of sp³-hybridized carbons (Fsp3) is 0.231. The van der Waals surface area contributed by atoms with E-state index in [4.69, 9.17) is 5.11 Å². The second kappa shape index (κ2) is 5.51. The molecule has 0 radical (unpaired) electrons. The van der Waals surface area contributed by atoms with E-state index in [1.165, 1.54) is 18.2 Å². The van der Waals surface area contributed by atoms with Gasteiger partial charge in [-0.05, 0) is 43.2 Å². The highest BCUT2D eigenvalue weighted by molar-refractivity contribution is 7.94. The third-order valence-corrected chi connectivity index (χ3v) is 5.83. The molecule has 0 atom stereocenters. The maximum absolute atomic E-state index is 13.6. The molecule has 2 N–H and O–H groups in total. The quantitative estimate of drug-likeness (QED) is 0.912. The van der Waals surface area contributed by atoms with E-state index >= 15 is 0 Å². The molecule has 1 aromatic carbocycles. The van der Waals surface area contributed by atoms with Crippen molar-refractivity contribution in [3.63, 3.8) is 0 Å². The zero-order valence-corrected chi connectivity index (χ0v) is 12.6. The van der Waals surface area contributed by atoms with Gasteiger partial charge in [0.25, 0.3) is 10.0 Å². The van der Waals surface area contributed by atoms with Crippen LogP contribution in [0.5, 0.6) is 0 Å². The SMILES string of the molecule is Cc1ccc(F)c(NS(=O)(=O)c2cc(C)c(CO)s2)c1. The van der Waals surface area contributed by atoms with E-state index in [-0.39, 0.29) is 16.5 Å². The van der Waals surface area contributed by atoms with Crippen LogP contribution in [-0.2, 0) is 16.6 Å². The Bertz CT molecular complexity index is 738. The largest absolute Gasteiger partial charge is 0.391 e. The second-order valence-corrected chi connectivity index (χ2v) is 7.46. The fourth-order valence-corrected chi connectivity index (χ4v) is 4.20. The molecule has 0 aliphatic carbocycles. The van der Waals surface area contributed by atoms with Gasteiger partial charge >= 0.3 is 0 Å². The summed E-state index contributed by atoms with van der Waals surface area (Å²) in [6.07, 6.45) is 0. The minimum absolute atomic E-state index is 0.0555. The molecule has 0 aliphatic heterocycles. The summed E-state index contributed by atoms with van der Waals surface area (Å²) >= 11 is 0.973. The first-order valence-electron chi connectivity index (χ1n) is 5.82. The number of anilines is 1. The first-order chi connectivity index (χ1) is 9.33. The Kier molecular flexibility index (Phi) is 4.12. The molecular formula is C13H14FNO3S2. The van der Waals surface area contributed by atoms with Crippen LogP contribution in [0.3, 0.4) is 0 Å². The topological polar surface area (TPSA) is 66.4 Å². The maximum Gasteiger partial charge on any atom is 0.271 e. The molecule has 0 amide bonds. The summed E-state index contributed by atoms with van der Waals surface area (Å²) in [6.45, 7) is 3.25. The first kappa shape index (κ1) is 15.0. The second-order valence-electron chi connectivity index (χ2n) is 4.42. The molecule has 4 nitrogen and oxygen atoms in total. The number of hydrogen-bond donors (Lipinski definition) is 2. The molecular weight excluding hydrogens is 301 g/mol. The van der Waals surface area contributed by atoms with Gasteiger partial charge in [-0.2, -0.15) is 0 Å². The van der Waals surface area contributed by atoms with Crippen LogP contribution in [0.25, 0.3) is 0 Å². The zero-order valence-electron chi connectivity index (χ0n) is 11.0. The number of benzene rings is 1. The Balaban J connectivity index is 2.37. The molecule has 2 aromatic rings. The van der Waals surface area contributed by atoms with Crippen molar-refractivity contribution in [1.82, 2.24) is 0 Å². The predicted octanol–water partition coefficient (Wildman–Crippen LogP) is 2.80. The number of rotatable bonds is 4. The Morgan fingerprint density at radius 2 is 2.00 bits per heavy atom. The van der Waals surface area contributed by atoms with Crippen molar-refractivity contribution < 1.29 is 17.9 Å². The molecule has 0 saturated heterocycles. The highest BCUT2D eigenvalue weighted by Crippen LogP contribution is 2.28. The molecule has 1 heterocycles. The molecule has 1 aromatic heterocycles. The van der Waals surface area contributed by atoms with Crippen LogP contribution >= 0.6 is 11.3 Å². The van der Waals surface area contributed by atoms with Gasteiger partial charge in [0, 0.05) is 4.88 Å². The molecule has 0 unspecified atom stereocenters. The number of aryl methyl sites for hydroxylation is 2. The van der Waals surface area contributed by atoms with Gasteiger partial charge in [-0.15, -0.1) is 11.3 Å². The van der Waals surface area contributed by atoms with E-state index in [1.54, 1.807) is 19.9 Å². The van der Waals surface area contributed by atoms with Crippen molar-refractivity contribution in [1.29, 1.82) is 0 Å². The smallest absolute Gasteiger partial charge is 0.271 e. The standard InChI is InChI=1S/C13H14FNO3S2/c1-8-3-4-10(14)11(5-8)15-20(17,18)13-6-9(2)12(7-16)19-13/h3-6,15-16H,7H2,1-2H3. The van der Waals surface area contributed by atoms with Gasteiger partial charge in [-0.25, -0.2) is 12.8 Å². The minimum Gasteiger partial charge on any atom is -0.391 e. The molecule has 7 heteroatoms. The third-order valence-electron chi connectivity index (χ3n) is 2.77. The summed E-state index contributed by atoms with van der Waals surface area (Å²) in [7, 11) is -3.85. The Labute approximate surface area is 120 Å². The number of thiophene rings is 1. The van der Waals surface area contributed by atoms with Crippen molar-refractivity contribution in [2.45, 2.75) is 24.7 Å². The molecule has 0 bridgehead atoms. The van der Waals surface area contributed by atoms with Crippen molar-refractivity contribution in [3.05, 3.63) is 46.1 Å². The summed E-state index contributed by atoms with van der Waals surface area (Å²) in [4.78, 5) is 0.579. The van der Waals surface area contributed by atoms with Crippen LogP contribution in [0.15, 0.2) is 28.5 Å². The van der Waals surface area contributed by atoms with Crippen LogP contribution in [0, 0.1) is 19.7 Å². The molecule has 20 heavy (non-hydrogen) atoms. The molecule has 2 rings (SSSR count). The monoisotopic (exact) mass is 315 g/mol. The molecule has 0 fully saturated rings. The van der Waals surface area contributed by atoms with E-state index in [2.05, 4.69) is 4.72 Å². The predicted molar refractivity (Wildman–Crippen MR) is 76.9 cm³/mol. The van der Waals surface area contributed by atoms with E-state index in [0.717, 1.165) is 16.9 Å². The number of halogens is 1. The van der Waals surface area contributed by atoms with E-state index in [9.17, 15) is 12.8 Å². The van der Waals surface area contributed by atoms with Gasteiger partial charge in [0.15, 0.2) is 0 Å². The van der Waals surface area contributed by atoms with E-state index in [1.807, 2.05) is 0 Å². The average molecular weight is 315 g/mol. The third kappa shape index (κ3) is 3.00. The molecule has 0 spiro atoms. The molecule has 108 valence electrons. The Morgan fingerprint density at radius 3 is 2.60 bits per heavy atom. The normalized spacial score (nSPS) is 11.6. The fourth-order valence-electron chi connectivity index (χ4n) is 1.69. The van der Waals surface area contributed by atoms with Crippen LogP contribution < -0.4 is 4.72 Å². The summed E-state index contributed by atoms with van der Waals surface area (Å²) in [5.41, 5.74) is 1.37. The van der Waals surface area contributed by atoms with Gasteiger partial charge < -0.3 is 5.11 Å². The number of aliphatic hydroxyl groups is 1. The first-order valence-corrected chi connectivity index (χ1v) is 8.12. The van der Waals surface area contributed by atoms with Crippen LogP contribution in [0.1, 0.15) is 16.0 Å². The van der Waals surface area contributed by atoms with Gasteiger partial charge in [0.1, 0.15) is 10.0 Å². The van der Waals surface area contributed by atoms with Crippen molar-refractivity contribution in [2.75, 3.05) is 4.72 Å². The lowest BCUT2D eigenvalue weighted by molar-refractivity contribution is 0.285. The highest BCUT2D eigenvalue weighted by atomic mass is 32.2. The summed E-state index contributed by atoms with van der Waals surface area (Å²) < 4.78 is 40.3. The van der Waals surface area contributed by atoms with Crippen molar-refractivity contribution in [3.8, 4) is 0 Å². The Morgan fingerprint density at radius 1 is 1.30 bits per heavy atom. The molecule has 0 aliphatic rings. The summed E-state index contributed by atoms with van der Waals surface area (Å²) in [5.74, 6) is -0.630. The Hall–Kier alpha value is -1.44. The van der Waals surface area contributed by atoms with Gasteiger partial charge in [-0.1, -0.05) is 6.07 Å². The number of sulfonamides is 1. The van der Waals surface area contributed by atoms with Gasteiger partial charge in [0.2, 0.25) is 0 Å². The van der Waals surface area contributed by atoms with Gasteiger partial charge in [0.05, 0.1) is 12.3 Å². The lowest BCUT2D eigenvalue weighted by Crippen LogP contribution is -2.12. The number of nitrogens with one attached hydrogen (secondary N) is 1. The van der Waals surface area contributed by atoms with Crippen molar-refractivity contribution in [2.24, 2.45) is 0 Å². The van der Waals surface area contributed by atoms with Crippen LogP contribution in [-0.4, -0.2) is 13.5 Å². The number of hydrogen-bond acceptors (Lipinski definition) is 4. The summed E-state index contributed by atoms with van der Waals surface area (Å²) in [5, 5.41) is 9.10. The number of aliphatic hydroxyl groups excluding tert-OH is 1. The van der Waals surface area contributed by atoms with Gasteiger partial charge in [-0.3, -0.25) is 4.72 Å². The van der Waals surface area contributed by atoms with Crippen LogP contribution in [0.2, 0.25) is 0 Å². The average Bonchev–Trinajstić information content (AvgIpc) is 2.76. The highest BCUT2D eigenvalue weighted by Gasteiger charge is 2.20.